The van der Waals surface area contributed by atoms with Crippen molar-refractivity contribution in [2.75, 3.05) is 0 Å². The summed E-state index contributed by atoms with van der Waals surface area (Å²) in [7, 11) is 0. The molecule has 3 N–H and O–H groups in total. The minimum absolute atomic E-state index is 0.00188. The highest BCUT2D eigenvalue weighted by Crippen LogP contribution is 2.64. The number of carboxylic acid groups (broad SMARTS) is 1. The van der Waals surface area contributed by atoms with Crippen LogP contribution in [0.25, 0.3) is 5.57 Å². The fourth-order valence-electron chi connectivity index (χ4n) is 4.70. The SMILES string of the molecule is C=C1CC2(C(F)(F)F)CCC1C(c1ccc(F)cc1)=C2/C=C/C(O)CC(O)CC(=O)O. The second-order valence-electron chi connectivity index (χ2n) is 8.25. The summed E-state index contributed by atoms with van der Waals surface area (Å²) in [6.45, 7) is 3.87. The number of rotatable bonds is 7. The van der Waals surface area contributed by atoms with E-state index in [9.17, 15) is 32.6 Å². The number of benzene rings is 1. The van der Waals surface area contributed by atoms with Crippen molar-refractivity contribution in [1.29, 1.82) is 0 Å². The summed E-state index contributed by atoms with van der Waals surface area (Å²) in [5.74, 6) is -2.07. The van der Waals surface area contributed by atoms with Crippen molar-refractivity contribution in [2.24, 2.45) is 11.3 Å². The first-order valence-electron chi connectivity index (χ1n) is 9.95. The summed E-state index contributed by atoms with van der Waals surface area (Å²) in [5, 5.41) is 28.5. The van der Waals surface area contributed by atoms with E-state index in [0.29, 0.717) is 16.7 Å². The maximum absolute atomic E-state index is 14.3. The van der Waals surface area contributed by atoms with Crippen molar-refractivity contribution >= 4 is 11.5 Å². The number of aliphatic carboxylic acids is 1. The molecule has 1 aromatic carbocycles. The van der Waals surface area contributed by atoms with Gasteiger partial charge >= 0.3 is 12.1 Å². The van der Waals surface area contributed by atoms with Crippen LogP contribution < -0.4 is 0 Å². The first kappa shape index (κ1) is 23.2. The maximum atomic E-state index is 14.3. The lowest BCUT2D eigenvalue weighted by Gasteiger charge is -2.50. The fourth-order valence-corrected chi connectivity index (χ4v) is 4.70. The topological polar surface area (TPSA) is 77.8 Å². The van der Waals surface area contributed by atoms with Gasteiger partial charge in [-0.2, -0.15) is 13.2 Å². The normalized spacial score (nSPS) is 25.9. The Balaban J connectivity index is 2.06. The highest BCUT2D eigenvalue weighted by molar-refractivity contribution is 5.79. The largest absolute Gasteiger partial charge is 0.481 e. The number of allylic oxidation sites excluding steroid dienone is 4. The smallest absolute Gasteiger partial charge is 0.398 e. The first-order chi connectivity index (χ1) is 14.4. The molecule has 0 aliphatic heterocycles. The van der Waals surface area contributed by atoms with E-state index in [1.165, 1.54) is 30.3 Å². The molecule has 4 nitrogen and oxygen atoms in total. The molecule has 0 amide bonds. The average Bonchev–Trinajstić information content (AvgIpc) is 2.65. The Bertz CT molecular complexity index is 916. The summed E-state index contributed by atoms with van der Waals surface area (Å²) in [6, 6.07) is 5.24. The molecule has 4 rings (SSSR count). The third kappa shape index (κ3) is 4.60. The monoisotopic (exact) mass is 440 g/mol. The molecule has 0 aromatic heterocycles. The fraction of sp³-hybridized carbons (Fsp3) is 0.435. The van der Waals surface area contributed by atoms with E-state index in [1.54, 1.807) is 0 Å². The first-order valence-corrected chi connectivity index (χ1v) is 9.95. The molecule has 0 saturated heterocycles. The van der Waals surface area contributed by atoms with E-state index in [0.717, 1.165) is 6.08 Å². The van der Waals surface area contributed by atoms with Gasteiger partial charge in [0.25, 0.3) is 0 Å². The standard InChI is InChI=1S/C23H24F4O4/c1-13-12-22(23(25,26)27)9-8-18(13)21(14-2-4-15(24)5-3-14)19(22)7-6-16(28)10-17(29)11-20(30)31/h2-7,16-18,28-29H,1,8-12H2,(H,30,31)/b7-6+. The Kier molecular flexibility index (Phi) is 6.43. The predicted octanol–water partition coefficient (Wildman–Crippen LogP) is 4.64. The van der Waals surface area contributed by atoms with E-state index < -0.39 is 42.0 Å². The molecule has 0 heterocycles. The lowest BCUT2D eigenvalue weighted by molar-refractivity contribution is -0.217. The van der Waals surface area contributed by atoms with Crippen molar-refractivity contribution in [3.63, 3.8) is 0 Å². The summed E-state index contributed by atoms with van der Waals surface area (Å²) < 4.78 is 56.4. The van der Waals surface area contributed by atoms with Crippen LogP contribution in [0.1, 0.15) is 37.7 Å². The van der Waals surface area contributed by atoms with Gasteiger partial charge in [0.05, 0.1) is 24.0 Å². The molecular weight excluding hydrogens is 416 g/mol. The second kappa shape index (κ2) is 8.59. The number of aliphatic hydroxyl groups excluding tert-OH is 2. The van der Waals surface area contributed by atoms with Crippen molar-refractivity contribution in [3.8, 4) is 0 Å². The van der Waals surface area contributed by atoms with Gasteiger partial charge in [-0.15, -0.1) is 0 Å². The number of fused-ring (bicyclic) bond motifs is 2. The van der Waals surface area contributed by atoms with Gasteiger partial charge in [0.2, 0.25) is 0 Å². The van der Waals surface area contributed by atoms with Crippen LogP contribution in [-0.2, 0) is 4.79 Å². The second-order valence-corrected chi connectivity index (χ2v) is 8.25. The Morgan fingerprint density at radius 2 is 1.90 bits per heavy atom. The number of halogens is 4. The van der Waals surface area contributed by atoms with Crippen molar-refractivity contribution in [2.45, 2.75) is 50.5 Å². The zero-order valence-corrected chi connectivity index (χ0v) is 16.7. The lowest BCUT2D eigenvalue weighted by atomic mass is 9.54. The number of hydrogen-bond donors (Lipinski definition) is 3. The van der Waals surface area contributed by atoms with Gasteiger partial charge in [-0.25, -0.2) is 4.39 Å². The molecule has 1 fully saturated rings. The zero-order valence-electron chi connectivity index (χ0n) is 16.7. The Labute approximate surface area is 177 Å². The van der Waals surface area contributed by atoms with E-state index in [-0.39, 0.29) is 37.2 Å². The van der Waals surface area contributed by atoms with Crippen LogP contribution in [-0.4, -0.2) is 39.7 Å². The molecule has 0 radical (unpaired) electrons. The van der Waals surface area contributed by atoms with Crippen LogP contribution in [0.15, 0.2) is 54.1 Å². The third-order valence-corrected chi connectivity index (χ3v) is 6.14. The van der Waals surface area contributed by atoms with Gasteiger partial charge in [0.1, 0.15) is 5.82 Å². The highest BCUT2D eigenvalue weighted by Gasteiger charge is 2.62. The number of hydrogen-bond acceptors (Lipinski definition) is 3. The molecule has 4 atom stereocenters. The molecule has 3 aliphatic carbocycles. The Hall–Kier alpha value is -2.45. The van der Waals surface area contributed by atoms with Gasteiger partial charge in [-0.3, -0.25) is 4.79 Å². The third-order valence-electron chi connectivity index (χ3n) is 6.14. The number of aliphatic hydroxyl groups is 2. The number of carbonyl (C=O) groups is 1. The molecule has 2 bridgehead atoms. The van der Waals surface area contributed by atoms with Crippen LogP contribution in [0.2, 0.25) is 0 Å². The van der Waals surface area contributed by atoms with Crippen LogP contribution in [0.4, 0.5) is 17.6 Å². The minimum Gasteiger partial charge on any atom is -0.481 e. The van der Waals surface area contributed by atoms with E-state index in [1.807, 2.05) is 0 Å². The van der Waals surface area contributed by atoms with Crippen LogP contribution in [0, 0.1) is 17.2 Å². The van der Waals surface area contributed by atoms with Gasteiger partial charge in [0, 0.05) is 12.3 Å². The molecule has 0 spiro atoms. The van der Waals surface area contributed by atoms with Crippen molar-refractivity contribution < 1.29 is 37.7 Å². The summed E-state index contributed by atoms with van der Waals surface area (Å²) in [4.78, 5) is 10.7. The molecule has 168 valence electrons. The quantitative estimate of drug-likeness (QED) is 0.426. The number of carboxylic acids is 1. The Morgan fingerprint density at radius 3 is 2.45 bits per heavy atom. The van der Waals surface area contributed by atoms with Gasteiger partial charge in [-0.1, -0.05) is 36.4 Å². The average molecular weight is 440 g/mol. The Morgan fingerprint density at radius 1 is 1.26 bits per heavy atom. The van der Waals surface area contributed by atoms with Crippen molar-refractivity contribution in [3.05, 3.63) is 65.5 Å². The summed E-state index contributed by atoms with van der Waals surface area (Å²) in [5.41, 5.74) is -0.826. The van der Waals surface area contributed by atoms with Crippen LogP contribution in [0.3, 0.4) is 0 Å². The maximum Gasteiger partial charge on any atom is 0.398 e. The van der Waals surface area contributed by atoms with E-state index in [2.05, 4.69) is 6.58 Å². The van der Waals surface area contributed by atoms with E-state index in [4.69, 9.17) is 5.11 Å². The molecule has 4 unspecified atom stereocenters. The molecule has 1 aromatic rings. The minimum atomic E-state index is -4.57. The van der Waals surface area contributed by atoms with Crippen LogP contribution in [0.5, 0.6) is 0 Å². The zero-order chi connectivity index (χ0) is 23.0. The highest BCUT2D eigenvalue weighted by atomic mass is 19.4. The molecule has 1 saturated carbocycles. The summed E-state index contributed by atoms with van der Waals surface area (Å²) in [6.07, 6.45) is -5.87. The summed E-state index contributed by atoms with van der Waals surface area (Å²) >= 11 is 0. The molecule has 8 heteroatoms. The van der Waals surface area contributed by atoms with Gasteiger partial charge in [-0.05, 0) is 48.1 Å². The molecular formula is C23H24F4O4. The van der Waals surface area contributed by atoms with Gasteiger partial charge in [0.15, 0.2) is 0 Å². The predicted molar refractivity (Wildman–Crippen MR) is 106 cm³/mol. The van der Waals surface area contributed by atoms with E-state index >= 15 is 0 Å². The van der Waals surface area contributed by atoms with Crippen molar-refractivity contribution in [1.82, 2.24) is 0 Å². The molecule has 31 heavy (non-hydrogen) atoms. The van der Waals surface area contributed by atoms with Crippen LogP contribution >= 0.6 is 0 Å². The lowest BCUT2D eigenvalue weighted by Crippen LogP contribution is -2.47. The number of alkyl halides is 3. The van der Waals surface area contributed by atoms with Gasteiger partial charge < -0.3 is 15.3 Å². The molecule has 3 aliphatic rings.